The molecule has 0 aromatic heterocycles. The van der Waals surface area contributed by atoms with Gasteiger partial charge in [-0.05, 0) is 30.3 Å². The highest BCUT2D eigenvalue weighted by molar-refractivity contribution is 9.10. The molecule has 2 aromatic rings. The van der Waals surface area contributed by atoms with Gasteiger partial charge in [-0.15, -0.1) is 0 Å². The molecule has 0 saturated heterocycles. The normalized spacial score (nSPS) is 10.6. The lowest BCUT2D eigenvalue weighted by molar-refractivity contribution is 0.407. The first-order chi connectivity index (χ1) is 9.61. The van der Waals surface area contributed by atoms with Crippen molar-refractivity contribution in [3.63, 3.8) is 0 Å². The number of ether oxygens (including phenoxy) is 1. The van der Waals surface area contributed by atoms with Gasteiger partial charge in [-0.2, -0.15) is 0 Å². The van der Waals surface area contributed by atoms with Gasteiger partial charge in [0.25, 0.3) is 0 Å². The Kier molecular flexibility index (Phi) is 5.40. The molecule has 5 heteroatoms. The summed E-state index contributed by atoms with van der Waals surface area (Å²) < 4.78 is 19.7. The van der Waals surface area contributed by atoms with Crippen molar-refractivity contribution in [2.45, 2.75) is 13.1 Å². The van der Waals surface area contributed by atoms with Crippen molar-refractivity contribution < 1.29 is 9.13 Å². The van der Waals surface area contributed by atoms with E-state index in [1.807, 2.05) is 12.1 Å². The summed E-state index contributed by atoms with van der Waals surface area (Å²) in [6.07, 6.45) is 0. The van der Waals surface area contributed by atoms with E-state index in [4.69, 9.17) is 16.3 Å². The van der Waals surface area contributed by atoms with Crippen molar-refractivity contribution >= 4 is 27.5 Å². The van der Waals surface area contributed by atoms with Gasteiger partial charge in [0.1, 0.15) is 11.6 Å². The molecule has 0 atom stereocenters. The molecule has 0 spiro atoms. The molecule has 0 aliphatic heterocycles. The minimum absolute atomic E-state index is 0.230. The molecular weight excluding hydrogens is 345 g/mol. The van der Waals surface area contributed by atoms with Crippen LogP contribution in [0, 0.1) is 5.82 Å². The van der Waals surface area contributed by atoms with E-state index in [-0.39, 0.29) is 5.82 Å². The molecule has 2 rings (SSSR count). The lowest BCUT2D eigenvalue weighted by Crippen LogP contribution is -2.14. The SMILES string of the molecule is COc1cccc(Cl)c1CNCc1cc(Br)ccc1F. The third-order valence-corrected chi connectivity index (χ3v) is 3.77. The van der Waals surface area contributed by atoms with Gasteiger partial charge in [0.15, 0.2) is 0 Å². The summed E-state index contributed by atoms with van der Waals surface area (Å²) in [7, 11) is 1.60. The molecule has 0 aliphatic carbocycles. The standard InChI is InChI=1S/C15H14BrClFNO/c1-20-15-4-2-3-13(17)12(15)9-19-8-10-7-11(16)5-6-14(10)18/h2-7,19H,8-9H2,1H3. The molecule has 106 valence electrons. The zero-order valence-corrected chi connectivity index (χ0v) is 13.3. The maximum atomic E-state index is 13.6. The summed E-state index contributed by atoms with van der Waals surface area (Å²) >= 11 is 9.48. The van der Waals surface area contributed by atoms with Crippen LogP contribution in [0.5, 0.6) is 5.75 Å². The van der Waals surface area contributed by atoms with Crippen LogP contribution in [0.3, 0.4) is 0 Å². The lowest BCUT2D eigenvalue weighted by Gasteiger charge is -2.12. The quantitative estimate of drug-likeness (QED) is 0.847. The van der Waals surface area contributed by atoms with Crippen LogP contribution >= 0.6 is 27.5 Å². The number of hydrogen-bond acceptors (Lipinski definition) is 2. The predicted octanol–water partition coefficient (Wildman–Crippen LogP) is 4.54. The number of rotatable bonds is 5. The molecular formula is C15H14BrClFNO. The topological polar surface area (TPSA) is 21.3 Å². The first-order valence-electron chi connectivity index (χ1n) is 6.08. The van der Waals surface area contributed by atoms with E-state index in [9.17, 15) is 4.39 Å². The molecule has 0 amide bonds. The van der Waals surface area contributed by atoms with E-state index in [1.165, 1.54) is 6.07 Å². The smallest absolute Gasteiger partial charge is 0.127 e. The van der Waals surface area contributed by atoms with Crippen LogP contribution in [0.15, 0.2) is 40.9 Å². The van der Waals surface area contributed by atoms with E-state index < -0.39 is 0 Å². The minimum atomic E-state index is -0.230. The first kappa shape index (κ1) is 15.3. The average molecular weight is 359 g/mol. The Morgan fingerprint density at radius 3 is 2.80 bits per heavy atom. The van der Waals surface area contributed by atoms with Crippen molar-refractivity contribution in [2.24, 2.45) is 0 Å². The van der Waals surface area contributed by atoms with Gasteiger partial charge >= 0.3 is 0 Å². The molecule has 2 aromatic carbocycles. The molecule has 1 N–H and O–H groups in total. The number of methoxy groups -OCH3 is 1. The number of hydrogen-bond donors (Lipinski definition) is 1. The highest BCUT2D eigenvalue weighted by atomic mass is 79.9. The first-order valence-corrected chi connectivity index (χ1v) is 7.25. The summed E-state index contributed by atoms with van der Waals surface area (Å²) in [5.41, 5.74) is 1.47. The molecule has 0 aliphatic rings. The molecule has 0 radical (unpaired) electrons. The van der Waals surface area contributed by atoms with E-state index in [0.717, 1.165) is 15.8 Å². The predicted molar refractivity (Wildman–Crippen MR) is 82.6 cm³/mol. The highest BCUT2D eigenvalue weighted by Crippen LogP contribution is 2.26. The summed E-state index contributed by atoms with van der Waals surface area (Å²) in [6, 6.07) is 10.4. The minimum Gasteiger partial charge on any atom is -0.496 e. The second-order valence-corrected chi connectivity index (χ2v) is 5.58. The fourth-order valence-electron chi connectivity index (χ4n) is 1.90. The summed E-state index contributed by atoms with van der Waals surface area (Å²) in [6.45, 7) is 0.925. The fourth-order valence-corrected chi connectivity index (χ4v) is 2.54. The Balaban J connectivity index is 2.05. The number of halogens is 3. The number of benzene rings is 2. The Bertz CT molecular complexity index is 606. The third-order valence-electron chi connectivity index (χ3n) is 2.92. The summed E-state index contributed by atoms with van der Waals surface area (Å²) in [5, 5.41) is 3.81. The van der Waals surface area contributed by atoms with Gasteiger partial charge in [0.2, 0.25) is 0 Å². The zero-order chi connectivity index (χ0) is 14.5. The van der Waals surface area contributed by atoms with Gasteiger partial charge < -0.3 is 10.1 Å². The van der Waals surface area contributed by atoms with Crippen molar-refractivity contribution in [1.29, 1.82) is 0 Å². The molecule has 0 heterocycles. The van der Waals surface area contributed by atoms with Crippen LogP contribution < -0.4 is 10.1 Å². The molecule has 20 heavy (non-hydrogen) atoms. The van der Waals surface area contributed by atoms with Crippen LogP contribution in [0.2, 0.25) is 5.02 Å². The number of nitrogens with one attached hydrogen (secondary N) is 1. The third kappa shape index (κ3) is 3.72. The summed E-state index contributed by atoms with van der Waals surface area (Å²) in [5.74, 6) is 0.492. The summed E-state index contributed by atoms with van der Waals surface area (Å²) in [4.78, 5) is 0. The van der Waals surface area contributed by atoms with Gasteiger partial charge in [-0.3, -0.25) is 0 Å². The average Bonchev–Trinajstić information content (AvgIpc) is 2.44. The Morgan fingerprint density at radius 1 is 1.25 bits per heavy atom. The second kappa shape index (κ2) is 7.07. The van der Waals surface area contributed by atoms with Gasteiger partial charge in [0, 0.05) is 33.7 Å². The van der Waals surface area contributed by atoms with Crippen LogP contribution in [-0.2, 0) is 13.1 Å². The molecule has 0 bridgehead atoms. The Hall–Kier alpha value is -1.10. The molecule has 0 fully saturated rings. The van der Waals surface area contributed by atoms with Gasteiger partial charge in [0.05, 0.1) is 7.11 Å². The Morgan fingerprint density at radius 2 is 2.05 bits per heavy atom. The Labute approximate surface area is 131 Å². The monoisotopic (exact) mass is 357 g/mol. The largest absolute Gasteiger partial charge is 0.496 e. The lowest BCUT2D eigenvalue weighted by atomic mass is 10.1. The maximum Gasteiger partial charge on any atom is 0.127 e. The van der Waals surface area contributed by atoms with Crippen LogP contribution in [0.25, 0.3) is 0 Å². The van der Waals surface area contributed by atoms with E-state index in [0.29, 0.717) is 23.7 Å². The van der Waals surface area contributed by atoms with Gasteiger partial charge in [-0.25, -0.2) is 4.39 Å². The van der Waals surface area contributed by atoms with Crippen molar-refractivity contribution in [3.8, 4) is 5.75 Å². The van der Waals surface area contributed by atoms with E-state index in [2.05, 4.69) is 21.2 Å². The van der Waals surface area contributed by atoms with E-state index in [1.54, 1.807) is 25.3 Å². The van der Waals surface area contributed by atoms with Gasteiger partial charge in [-0.1, -0.05) is 33.6 Å². The highest BCUT2D eigenvalue weighted by Gasteiger charge is 2.08. The van der Waals surface area contributed by atoms with Crippen LogP contribution in [0.1, 0.15) is 11.1 Å². The van der Waals surface area contributed by atoms with Crippen LogP contribution in [-0.4, -0.2) is 7.11 Å². The van der Waals surface area contributed by atoms with E-state index >= 15 is 0 Å². The van der Waals surface area contributed by atoms with Crippen molar-refractivity contribution in [2.75, 3.05) is 7.11 Å². The second-order valence-electron chi connectivity index (χ2n) is 4.26. The maximum absolute atomic E-state index is 13.6. The zero-order valence-electron chi connectivity index (χ0n) is 10.9. The molecule has 0 saturated carbocycles. The molecule has 2 nitrogen and oxygen atoms in total. The van der Waals surface area contributed by atoms with Crippen LogP contribution in [0.4, 0.5) is 4.39 Å². The molecule has 0 unspecified atom stereocenters. The fraction of sp³-hybridized carbons (Fsp3) is 0.200. The van der Waals surface area contributed by atoms with Crippen molar-refractivity contribution in [3.05, 3.63) is 62.8 Å². The van der Waals surface area contributed by atoms with Crippen molar-refractivity contribution in [1.82, 2.24) is 5.32 Å².